The van der Waals surface area contributed by atoms with Crippen LogP contribution in [0.25, 0.3) is 16.0 Å². The van der Waals surface area contributed by atoms with Gasteiger partial charge in [0.2, 0.25) is 0 Å². The van der Waals surface area contributed by atoms with Crippen molar-refractivity contribution in [3.63, 3.8) is 0 Å². The molecule has 16 heavy (non-hydrogen) atoms. The lowest BCUT2D eigenvalue weighted by atomic mass is 10.3. The van der Waals surface area contributed by atoms with Gasteiger partial charge in [0.1, 0.15) is 12.1 Å². The van der Waals surface area contributed by atoms with Crippen LogP contribution in [0.4, 0.5) is 5.82 Å². The lowest BCUT2D eigenvalue weighted by Crippen LogP contribution is -2.00. The van der Waals surface area contributed by atoms with Crippen molar-refractivity contribution in [3.05, 3.63) is 29.5 Å². The molecule has 0 atom stereocenters. The molecule has 0 saturated heterocycles. The zero-order chi connectivity index (χ0) is 11.1. The van der Waals surface area contributed by atoms with Crippen LogP contribution in [-0.2, 0) is 0 Å². The summed E-state index contributed by atoms with van der Waals surface area (Å²) in [5, 5.41) is 6.22. The van der Waals surface area contributed by atoms with Gasteiger partial charge in [0.25, 0.3) is 0 Å². The second-order valence-electron chi connectivity index (χ2n) is 3.48. The molecule has 0 aliphatic heterocycles. The van der Waals surface area contributed by atoms with Crippen molar-refractivity contribution in [2.24, 2.45) is 0 Å². The summed E-state index contributed by atoms with van der Waals surface area (Å²) in [6, 6.07) is 1.74. The molecule has 80 valence electrons. The highest BCUT2D eigenvalue weighted by atomic mass is 32.1. The Bertz CT molecular complexity index is 654. The van der Waals surface area contributed by atoms with Gasteiger partial charge in [-0.25, -0.2) is 14.6 Å². The number of nitrogens with two attached hydrogens (primary N) is 1. The molecule has 5 nitrogen and oxygen atoms in total. The van der Waals surface area contributed by atoms with E-state index in [1.54, 1.807) is 34.6 Å². The molecule has 0 amide bonds. The second-order valence-corrected chi connectivity index (χ2v) is 4.36. The Morgan fingerprint density at radius 2 is 2.25 bits per heavy atom. The first kappa shape index (κ1) is 9.29. The molecular formula is C10H9N5S. The number of rotatable bonds is 1. The van der Waals surface area contributed by atoms with E-state index in [2.05, 4.69) is 20.4 Å². The minimum absolute atomic E-state index is 0.486. The summed E-state index contributed by atoms with van der Waals surface area (Å²) >= 11 is 1.62. The molecule has 0 fully saturated rings. The lowest BCUT2D eigenvalue weighted by molar-refractivity contribution is 0.857. The third kappa shape index (κ3) is 1.27. The first-order chi connectivity index (χ1) is 7.75. The molecule has 3 aromatic rings. The van der Waals surface area contributed by atoms with E-state index < -0.39 is 0 Å². The standard InChI is InChI=1S/C10H9N5S/c1-6-4-16-9-8(6)12-5-13-10(9)15-3-2-7(11)14-15/h2-5H,1H3,(H2,11,14). The van der Waals surface area contributed by atoms with E-state index in [4.69, 9.17) is 5.73 Å². The van der Waals surface area contributed by atoms with Gasteiger partial charge in [-0.3, -0.25) is 0 Å². The monoisotopic (exact) mass is 231 g/mol. The topological polar surface area (TPSA) is 69.6 Å². The molecule has 3 aromatic heterocycles. The smallest absolute Gasteiger partial charge is 0.174 e. The van der Waals surface area contributed by atoms with E-state index in [-0.39, 0.29) is 0 Å². The fourth-order valence-electron chi connectivity index (χ4n) is 1.58. The molecule has 0 saturated carbocycles. The summed E-state index contributed by atoms with van der Waals surface area (Å²) in [6.45, 7) is 2.03. The predicted octanol–water partition coefficient (Wildman–Crippen LogP) is 1.77. The number of aromatic nitrogens is 4. The van der Waals surface area contributed by atoms with Crippen LogP contribution in [0.5, 0.6) is 0 Å². The molecule has 0 aliphatic carbocycles. The predicted molar refractivity (Wildman–Crippen MR) is 63.7 cm³/mol. The maximum Gasteiger partial charge on any atom is 0.174 e. The fourth-order valence-corrected chi connectivity index (χ4v) is 2.56. The highest BCUT2D eigenvalue weighted by molar-refractivity contribution is 7.17. The van der Waals surface area contributed by atoms with Gasteiger partial charge in [0, 0.05) is 12.3 Å². The van der Waals surface area contributed by atoms with E-state index in [1.807, 2.05) is 6.92 Å². The van der Waals surface area contributed by atoms with Gasteiger partial charge >= 0.3 is 0 Å². The average molecular weight is 231 g/mol. The normalized spacial score (nSPS) is 11.1. The van der Waals surface area contributed by atoms with E-state index in [0.717, 1.165) is 21.6 Å². The minimum atomic E-state index is 0.486. The Morgan fingerprint density at radius 1 is 1.38 bits per heavy atom. The van der Waals surface area contributed by atoms with Gasteiger partial charge in [0.05, 0.1) is 10.2 Å². The van der Waals surface area contributed by atoms with Gasteiger partial charge < -0.3 is 5.73 Å². The fraction of sp³-hybridized carbons (Fsp3) is 0.100. The third-order valence-corrected chi connectivity index (χ3v) is 3.42. The van der Waals surface area contributed by atoms with Crippen LogP contribution in [0.15, 0.2) is 24.0 Å². The summed E-state index contributed by atoms with van der Waals surface area (Å²) in [5.41, 5.74) is 7.73. The average Bonchev–Trinajstić information content (AvgIpc) is 2.86. The number of fused-ring (bicyclic) bond motifs is 1. The zero-order valence-electron chi connectivity index (χ0n) is 8.58. The maximum atomic E-state index is 5.59. The summed E-state index contributed by atoms with van der Waals surface area (Å²) in [5.74, 6) is 1.26. The molecule has 3 rings (SSSR count). The minimum Gasteiger partial charge on any atom is -0.382 e. The quantitative estimate of drug-likeness (QED) is 0.693. The van der Waals surface area contributed by atoms with Gasteiger partial charge in [-0.05, 0) is 17.9 Å². The van der Waals surface area contributed by atoms with Gasteiger partial charge in [-0.2, -0.15) is 0 Å². The maximum absolute atomic E-state index is 5.59. The Balaban J connectivity index is 2.31. The van der Waals surface area contributed by atoms with Crippen molar-refractivity contribution >= 4 is 27.4 Å². The highest BCUT2D eigenvalue weighted by Gasteiger charge is 2.10. The summed E-state index contributed by atoms with van der Waals surface area (Å²) in [4.78, 5) is 8.51. The Morgan fingerprint density at radius 3 is 3.00 bits per heavy atom. The van der Waals surface area contributed by atoms with E-state index in [1.165, 1.54) is 0 Å². The first-order valence-electron chi connectivity index (χ1n) is 4.76. The number of hydrogen-bond acceptors (Lipinski definition) is 5. The molecule has 6 heteroatoms. The van der Waals surface area contributed by atoms with Crippen molar-refractivity contribution < 1.29 is 0 Å². The number of aryl methyl sites for hydroxylation is 1. The van der Waals surface area contributed by atoms with Crippen LogP contribution in [0.1, 0.15) is 5.56 Å². The summed E-state index contributed by atoms with van der Waals surface area (Å²) < 4.78 is 2.71. The molecule has 0 radical (unpaired) electrons. The van der Waals surface area contributed by atoms with E-state index in [0.29, 0.717) is 5.82 Å². The van der Waals surface area contributed by atoms with Crippen molar-refractivity contribution in [1.29, 1.82) is 0 Å². The molecule has 0 spiro atoms. The van der Waals surface area contributed by atoms with Crippen LogP contribution in [0.2, 0.25) is 0 Å². The largest absolute Gasteiger partial charge is 0.382 e. The van der Waals surface area contributed by atoms with Crippen LogP contribution >= 0.6 is 11.3 Å². The van der Waals surface area contributed by atoms with Crippen molar-refractivity contribution in [1.82, 2.24) is 19.7 Å². The van der Waals surface area contributed by atoms with Crippen molar-refractivity contribution in [2.45, 2.75) is 6.92 Å². The second kappa shape index (κ2) is 3.28. The molecule has 0 aromatic carbocycles. The summed E-state index contributed by atoms with van der Waals surface area (Å²) in [7, 11) is 0. The lowest BCUT2D eigenvalue weighted by Gasteiger charge is -2.00. The van der Waals surface area contributed by atoms with E-state index in [9.17, 15) is 0 Å². The molecule has 2 N–H and O–H groups in total. The van der Waals surface area contributed by atoms with Crippen LogP contribution in [0.3, 0.4) is 0 Å². The van der Waals surface area contributed by atoms with Crippen molar-refractivity contribution in [2.75, 3.05) is 5.73 Å². The van der Waals surface area contributed by atoms with Crippen LogP contribution < -0.4 is 5.73 Å². The SMILES string of the molecule is Cc1csc2c(-n3ccc(N)n3)ncnc12. The van der Waals surface area contributed by atoms with Gasteiger partial charge in [-0.15, -0.1) is 16.4 Å². The number of nitrogens with zero attached hydrogens (tertiary/aromatic N) is 4. The molecular weight excluding hydrogens is 222 g/mol. The van der Waals surface area contributed by atoms with E-state index >= 15 is 0 Å². The third-order valence-electron chi connectivity index (χ3n) is 2.34. The zero-order valence-corrected chi connectivity index (χ0v) is 9.40. The number of hydrogen-bond donors (Lipinski definition) is 1. The number of thiophene rings is 1. The molecule has 0 unspecified atom stereocenters. The first-order valence-corrected chi connectivity index (χ1v) is 5.64. The highest BCUT2D eigenvalue weighted by Crippen LogP contribution is 2.27. The summed E-state index contributed by atoms with van der Waals surface area (Å²) in [6.07, 6.45) is 3.35. The number of nitrogen functional groups attached to an aromatic ring is 1. The Kier molecular flexibility index (Phi) is 1.90. The molecule has 0 aliphatic rings. The Hall–Kier alpha value is -1.95. The van der Waals surface area contributed by atoms with Crippen LogP contribution in [-0.4, -0.2) is 19.7 Å². The van der Waals surface area contributed by atoms with Crippen LogP contribution in [0, 0.1) is 6.92 Å². The van der Waals surface area contributed by atoms with Crippen molar-refractivity contribution in [3.8, 4) is 5.82 Å². The number of anilines is 1. The molecule has 0 bridgehead atoms. The Labute approximate surface area is 95.6 Å². The van der Waals surface area contributed by atoms with Gasteiger partial charge in [-0.1, -0.05) is 0 Å². The van der Waals surface area contributed by atoms with Gasteiger partial charge in [0.15, 0.2) is 5.82 Å². The molecule has 3 heterocycles.